The van der Waals surface area contributed by atoms with Gasteiger partial charge >= 0.3 is 0 Å². The molecule has 0 fully saturated rings. The maximum Gasteiger partial charge on any atom is 0.123 e. The largest absolute Gasteiger partial charge is 0.496 e. The molecule has 90 valence electrons. The Hall–Kier alpha value is -1.74. The summed E-state index contributed by atoms with van der Waals surface area (Å²) in [6.07, 6.45) is 3.94. The van der Waals surface area contributed by atoms with E-state index in [-0.39, 0.29) is 6.04 Å². The van der Waals surface area contributed by atoms with Crippen molar-refractivity contribution in [3.05, 3.63) is 53.9 Å². The lowest BCUT2D eigenvalue weighted by molar-refractivity contribution is 0.401. The van der Waals surface area contributed by atoms with Crippen molar-refractivity contribution >= 4 is 0 Å². The van der Waals surface area contributed by atoms with Crippen LogP contribution in [0.25, 0.3) is 0 Å². The first-order chi connectivity index (χ1) is 8.31. The first kappa shape index (κ1) is 11.7. The van der Waals surface area contributed by atoms with Crippen LogP contribution >= 0.6 is 0 Å². The van der Waals surface area contributed by atoms with Crippen molar-refractivity contribution < 1.29 is 4.74 Å². The first-order valence-corrected chi connectivity index (χ1v) is 5.79. The third kappa shape index (κ3) is 2.88. The molecule has 1 unspecified atom stereocenters. The number of aromatic nitrogens is 1. The molecule has 0 aliphatic heterocycles. The molecule has 0 saturated heterocycles. The predicted octanol–water partition coefficient (Wildman–Crippen LogP) is 2.87. The quantitative estimate of drug-likeness (QED) is 0.828. The SMILES string of the molecule is COc1ccccc1C(C)NCc1cc[nH]c1. The molecular weight excluding hydrogens is 212 g/mol. The molecule has 0 aliphatic carbocycles. The van der Waals surface area contributed by atoms with Crippen molar-refractivity contribution in [3.63, 3.8) is 0 Å². The molecule has 0 spiro atoms. The van der Waals surface area contributed by atoms with Gasteiger partial charge in [0.25, 0.3) is 0 Å². The van der Waals surface area contributed by atoms with Crippen molar-refractivity contribution in [3.8, 4) is 5.75 Å². The van der Waals surface area contributed by atoms with E-state index in [1.54, 1.807) is 7.11 Å². The second-order valence-electron chi connectivity index (χ2n) is 4.06. The average Bonchev–Trinajstić information content (AvgIpc) is 2.89. The molecule has 0 aliphatic rings. The van der Waals surface area contributed by atoms with Crippen LogP contribution in [0.15, 0.2) is 42.7 Å². The number of para-hydroxylation sites is 1. The summed E-state index contributed by atoms with van der Waals surface area (Å²) in [5.41, 5.74) is 2.44. The lowest BCUT2D eigenvalue weighted by Gasteiger charge is -2.16. The van der Waals surface area contributed by atoms with Crippen LogP contribution in [0, 0.1) is 0 Å². The molecule has 3 heteroatoms. The van der Waals surface area contributed by atoms with E-state index < -0.39 is 0 Å². The lowest BCUT2D eigenvalue weighted by atomic mass is 10.1. The van der Waals surface area contributed by atoms with E-state index >= 15 is 0 Å². The van der Waals surface area contributed by atoms with Crippen LogP contribution in [-0.2, 0) is 6.54 Å². The third-order valence-electron chi connectivity index (χ3n) is 2.88. The number of nitrogens with one attached hydrogen (secondary N) is 2. The van der Waals surface area contributed by atoms with Gasteiger partial charge in [-0.05, 0) is 24.6 Å². The highest BCUT2D eigenvalue weighted by Crippen LogP contribution is 2.24. The summed E-state index contributed by atoms with van der Waals surface area (Å²) in [4.78, 5) is 3.05. The van der Waals surface area contributed by atoms with E-state index in [1.165, 1.54) is 11.1 Å². The van der Waals surface area contributed by atoms with E-state index in [2.05, 4.69) is 29.4 Å². The molecule has 2 N–H and O–H groups in total. The summed E-state index contributed by atoms with van der Waals surface area (Å²) in [6.45, 7) is 2.99. The van der Waals surface area contributed by atoms with Crippen molar-refractivity contribution in [2.24, 2.45) is 0 Å². The zero-order valence-electron chi connectivity index (χ0n) is 10.2. The molecule has 2 aromatic rings. The maximum atomic E-state index is 5.36. The minimum absolute atomic E-state index is 0.265. The molecule has 1 heterocycles. The van der Waals surface area contributed by atoms with Gasteiger partial charge in [0.05, 0.1) is 7.11 Å². The molecule has 0 radical (unpaired) electrons. The Morgan fingerprint density at radius 3 is 2.82 bits per heavy atom. The summed E-state index contributed by atoms with van der Waals surface area (Å²) in [5.74, 6) is 0.932. The van der Waals surface area contributed by atoms with Crippen LogP contribution in [-0.4, -0.2) is 12.1 Å². The van der Waals surface area contributed by atoms with Crippen molar-refractivity contribution in [2.45, 2.75) is 19.5 Å². The number of hydrogen-bond donors (Lipinski definition) is 2. The highest BCUT2D eigenvalue weighted by molar-refractivity contribution is 5.35. The zero-order valence-corrected chi connectivity index (χ0v) is 10.2. The van der Waals surface area contributed by atoms with Gasteiger partial charge in [-0.25, -0.2) is 0 Å². The average molecular weight is 230 g/mol. The highest BCUT2D eigenvalue weighted by Gasteiger charge is 2.09. The number of rotatable bonds is 5. The predicted molar refractivity (Wildman–Crippen MR) is 69.0 cm³/mol. The van der Waals surface area contributed by atoms with E-state index in [0.29, 0.717) is 0 Å². The van der Waals surface area contributed by atoms with Gasteiger partial charge in [0, 0.05) is 30.5 Å². The van der Waals surface area contributed by atoms with Gasteiger partial charge in [-0.2, -0.15) is 0 Å². The van der Waals surface area contributed by atoms with Crippen LogP contribution in [0.5, 0.6) is 5.75 Å². The fourth-order valence-corrected chi connectivity index (χ4v) is 1.87. The van der Waals surface area contributed by atoms with Crippen LogP contribution < -0.4 is 10.1 Å². The van der Waals surface area contributed by atoms with E-state index in [9.17, 15) is 0 Å². The molecule has 0 amide bonds. The van der Waals surface area contributed by atoms with Gasteiger partial charge in [0.2, 0.25) is 0 Å². The second-order valence-corrected chi connectivity index (χ2v) is 4.06. The van der Waals surface area contributed by atoms with Gasteiger partial charge in [0.1, 0.15) is 5.75 Å². The molecule has 2 rings (SSSR count). The molecule has 1 aromatic carbocycles. The zero-order chi connectivity index (χ0) is 12.1. The molecule has 17 heavy (non-hydrogen) atoms. The summed E-state index contributed by atoms with van der Waals surface area (Å²) in [5, 5.41) is 3.48. The smallest absolute Gasteiger partial charge is 0.123 e. The van der Waals surface area contributed by atoms with Gasteiger partial charge in [-0.3, -0.25) is 0 Å². The van der Waals surface area contributed by atoms with Gasteiger partial charge in [-0.15, -0.1) is 0 Å². The molecule has 0 saturated carbocycles. The van der Waals surface area contributed by atoms with Gasteiger partial charge in [0.15, 0.2) is 0 Å². The number of hydrogen-bond acceptors (Lipinski definition) is 2. The summed E-state index contributed by atoms with van der Waals surface area (Å²) < 4.78 is 5.36. The summed E-state index contributed by atoms with van der Waals surface area (Å²) in [7, 11) is 1.71. The Kier molecular flexibility index (Phi) is 3.83. The third-order valence-corrected chi connectivity index (χ3v) is 2.88. The minimum atomic E-state index is 0.265. The van der Waals surface area contributed by atoms with E-state index in [1.807, 2.05) is 30.6 Å². The van der Waals surface area contributed by atoms with Crippen LogP contribution in [0.2, 0.25) is 0 Å². The maximum absolute atomic E-state index is 5.36. The topological polar surface area (TPSA) is 37.0 Å². The molecular formula is C14H18N2O. The van der Waals surface area contributed by atoms with Crippen molar-refractivity contribution in [1.82, 2.24) is 10.3 Å². The van der Waals surface area contributed by atoms with E-state index in [0.717, 1.165) is 12.3 Å². The number of ether oxygens (including phenoxy) is 1. The van der Waals surface area contributed by atoms with Gasteiger partial charge in [-0.1, -0.05) is 18.2 Å². The Morgan fingerprint density at radius 2 is 2.12 bits per heavy atom. The number of benzene rings is 1. The second kappa shape index (κ2) is 5.55. The number of methoxy groups -OCH3 is 1. The molecule has 1 aromatic heterocycles. The van der Waals surface area contributed by atoms with Crippen molar-refractivity contribution in [2.75, 3.05) is 7.11 Å². The Bertz CT molecular complexity index is 451. The standard InChI is InChI=1S/C14H18N2O/c1-11(16-10-12-7-8-15-9-12)13-5-3-4-6-14(13)17-2/h3-9,11,15-16H,10H2,1-2H3. The first-order valence-electron chi connectivity index (χ1n) is 5.79. The Balaban J connectivity index is 2.01. The van der Waals surface area contributed by atoms with Crippen LogP contribution in [0.4, 0.5) is 0 Å². The molecule has 0 bridgehead atoms. The summed E-state index contributed by atoms with van der Waals surface area (Å²) in [6, 6.07) is 10.4. The lowest BCUT2D eigenvalue weighted by Crippen LogP contribution is -2.18. The van der Waals surface area contributed by atoms with Crippen LogP contribution in [0.3, 0.4) is 0 Å². The minimum Gasteiger partial charge on any atom is -0.496 e. The van der Waals surface area contributed by atoms with Crippen molar-refractivity contribution in [1.29, 1.82) is 0 Å². The Morgan fingerprint density at radius 1 is 1.29 bits per heavy atom. The number of H-pyrrole nitrogens is 1. The highest BCUT2D eigenvalue weighted by atomic mass is 16.5. The van der Waals surface area contributed by atoms with Crippen LogP contribution in [0.1, 0.15) is 24.1 Å². The monoisotopic (exact) mass is 230 g/mol. The summed E-state index contributed by atoms with van der Waals surface area (Å²) >= 11 is 0. The van der Waals surface area contributed by atoms with E-state index in [4.69, 9.17) is 4.74 Å². The fourth-order valence-electron chi connectivity index (χ4n) is 1.87. The number of aromatic amines is 1. The molecule has 3 nitrogen and oxygen atoms in total. The normalized spacial score (nSPS) is 12.4. The molecule has 1 atom stereocenters. The van der Waals surface area contributed by atoms with Gasteiger partial charge < -0.3 is 15.0 Å². The Labute approximate surface area is 102 Å². The fraction of sp³-hybridized carbons (Fsp3) is 0.286.